The second kappa shape index (κ2) is 12.0. The average molecular weight is 411 g/mol. The van der Waals surface area contributed by atoms with Crippen LogP contribution >= 0.6 is 0 Å². The standard InChI is InChI=1S/C25H34N2O3/c1-5-7-15-26-25(29)23(6-2)27(18-21-10-8-9-19(3)16-21)24(28)17-20-11-13-22(30-4)14-12-20/h8-14,16,23H,5-7,15,17-18H2,1-4H3,(H,26,29)/t23-/m1/s1. The number of aryl methyl sites for hydroxylation is 1. The molecule has 0 bridgehead atoms. The lowest BCUT2D eigenvalue weighted by atomic mass is 10.1. The highest BCUT2D eigenvalue weighted by Crippen LogP contribution is 2.17. The maximum absolute atomic E-state index is 13.3. The van der Waals surface area contributed by atoms with Gasteiger partial charge in [-0.1, -0.05) is 62.2 Å². The van der Waals surface area contributed by atoms with E-state index < -0.39 is 6.04 Å². The lowest BCUT2D eigenvalue weighted by molar-refractivity contribution is -0.140. The van der Waals surface area contributed by atoms with Crippen molar-refractivity contribution < 1.29 is 14.3 Å². The molecular formula is C25H34N2O3. The van der Waals surface area contributed by atoms with Gasteiger partial charge in [-0.2, -0.15) is 0 Å². The predicted octanol–water partition coefficient (Wildman–Crippen LogP) is 4.27. The van der Waals surface area contributed by atoms with Gasteiger partial charge in [0, 0.05) is 13.1 Å². The van der Waals surface area contributed by atoms with E-state index in [1.54, 1.807) is 12.0 Å². The molecule has 0 radical (unpaired) electrons. The molecule has 162 valence electrons. The van der Waals surface area contributed by atoms with Crippen LogP contribution in [0.15, 0.2) is 48.5 Å². The van der Waals surface area contributed by atoms with Crippen molar-refractivity contribution >= 4 is 11.8 Å². The summed E-state index contributed by atoms with van der Waals surface area (Å²) in [4.78, 5) is 27.9. The molecule has 0 saturated heterocycles. The summed E-state index contributed by atoms with van der Waals surface area (Å²) < 4.78 is 5.20. The zero-order valence-electron chi connectivity index (χ0n) is 18.6. The first-order chi connectivity index (χ1) is 14.5. The van der Waals surface area contributed by atoms with E-state index >= 15 is 0 Å². The number of ether oxygens (including phenoxy) is 1. The first-order valence-electron chi connectivity index (χ1n) is 10.7. The molecule has 0 aromatic heterocycles. The minimum absolute atomic E-state index is 0.0563. The number of amides is 2. The molecule has 0 spiro atoms. The van der Waals surface area contributed by atoms with Crippen LogP contribution in [-0.2, 0) is 22.6 Å². The lowest BCUT2D eigenvalue weighted by Crippen LogP contribution is -2.49. The Kier molecular flexibility index (Phi) is 9.39. The SMILES string of the molecule is CCCCNC(=O)[C@@H](CC)N(Cc1cccc(C)c1)C(=O)Cc1ccc(OC)cc1. The van der Waals surface area contributed by atoms with E-state index in [-0.39, 0.29) is 18.2 Å². The smallest absolute Gasteiger partial charge is 0.242 e. The van der Waals surface area contributed by atoms with E-state index in [1.807, 2.05) is 56.3 Å². The largest absolute Gasteiger partial charge is 0.497 e. The van der Waals surface area contributed by atoms with Gasteiger partial charge in [-0.15, -0.1) is 0 Å². The number of hydrogen-bond donors (Lipinski definition) is 1. The predicted molar refractivity (Wildman–Crippen MR) is 120 cm³/mol. The first kappa shape index (κ1) is 23.5. The molecule has 2 rings (SSSR count). The van der Waals surface area contributed by atoms with Crippen molar-refractivity contribution in [2.24, 2.45) is 0 Å². The molecule has 1 N–H and O–H groups in total. The zero-order valence-corrected chi connectivity index (χ0v) is 18.6. The van der Waals surface area contributed by atoms with E-state index in [4.69, 9.17) is 4.74 Å². The summed E-state index contributed by atoms with van der Waals surface area (Å²) in [5, 5.41) is 3.00. The molecule has 30 heavy (non-hydrogen) atoms. The van der Waals surface area contributed by atoms with Gasteiger partial charge in [-0.25, -0.2) is 0 Å². The molecule has 5 nitrogen and oxygen atoms in total. The zero-order chi connectivity index (χ0) is 21.9. The van der Waals surface area contributed by atoms with Crippen LogP contribution in [0, 0.1) is 6.92 Å². The van der Waals surface area contributed by atoms with Gasteiger partial charge in [-0.3, -0.25) is 9.59 Å². The van der Waals surface area contributed by atoms with Gasteiger partial charge in [0.1, 0.15) is 11.8 Å². The Morgan fingerprint density at radius 2 is 1.80 bits per heavy atom. The number of rotatable bonds is 11. The molecule has 2 aromatic rings. The molecule has 0 aliphatic carbocycles. The van der Waals surface area contributed by atoms with Crippen LogP contribution in [0.4, 0.5) is 0 Å². The van der Waals surface area contributed by atoms with Crippen LogP contribution in [-0.4, -0.2) is 36.4 Å². The van der Waals surface area contributed by atoms with Crippen LogP contribution in [0.2, 0.25) is 0 Å². The van der Waals surface area contributed by atoms with E-state index in [0.717, 1.165) is 35.3 Å². The normalized spacial score (nSPS) is 11.6. The Bertz CT molecular complexity index is 817. The van der Waals surface area contributed by atoms with Gasteiger partial charge >= 0.3 is 0 Å². The average Bonchev–Trinajstić information content (AvgIpc) is 2.74. The van der Waals surface area contributed by atoms with Crippen LogP contribution in [0.5, 0.6) is 5.75 Å². The summed E-state index contributed by atoms with van der Waals surface area (Å²) >= 11 is 0. The highest BCUT2D eigenvalue weighted by molar-refractivity contribution is 5.88. The highest BCUT2D eigenvalue weighted by atomic mass is 16.5. The summed E-state index contributed by atoms with van der Waals surface area (Å²) in [7, 11) is 1.62. The van der Waals surface area contributed by atoms with Crippen LogP contribution in [0.3, 0.4) is 0 Å². The lowest BCUT2D eigenvalue weighted by Gasteiger charge is -2.31. The fourth-order valence-electron chi connectivity index (χ4n) is 3.45. The minimum Gasteiger partial charge on any atom is -0.497 e. The molecule has 0 saturated carbocycles. The van der Waals surface area contributed by atoms with Gasteiger partial charge in [-0.05, 0) is 43.0 Å². The maximum Gasteiger partial charge on any atom is 0.242 e. The van der Waals surface area contributed by atoms with Crippen LogP contribution in [0.1, 0.15) is 49.8 Å². The van der Waals surface area contributed by atoms with Gasteiger partial charge < -0.3 is 15.0 Å². The van der Waals surface area contributed by atoms with Crippen molar-refractivity contribution in [2.45, 2.75) is 59.0 Å². The number of nitrogens with one attached hydrogen (secondary N) is 1. The Balaban J connectivity index is 2.23. The second-order valence-electron chi connectivity index (χ2n) is 7.60. The third kappa shape index (κ3) is 6.90. The van der Waals surface area contributed by atoms with E-state index in [1.165, 1.54) is 0 Å². The number of unbranched alkanes of at least 4 members (excludes halogenated alkanes) is 1. The Hall–Kier alpha value is -2.82. The van der Waals surface area contributed by atoms with Crippen molar-refractivity contribution in [1.29, 1.82) is 0 Å². The van der Waals surface area contributed by atoms with E-state index in [0.29, 0.717) is 19.5 Å². The number of benzene rings is 2. The van der Waals surface area contributed by atoms with Crippen LogP contribution < -0.4 is 10.1 Å². The molecule has 0 fully saturated rings. The van der Waals surface area contributed by atoms with Crippen LogP contribution in [0.25, 0.3) is 0 Å². The fraction of sp³-hybridized carbons (Fsp3) is 0.440. The fourth-order valence-corrected chi connectivity index (χ4v) is 3.45. The highest BCUT2D eigenvalue weighted by Gasteiger charge is 2.28. The summed E-state index contributed by atoms with van der Waals surface area (Å²) in [6, 6.07) is 15.1. The van der Waals surface area contributed by atoms with Crippen molar-refractivity contribution in [3.8, 4) is 5.75 Å². The van der Waals surface area contributed by atoms with E-state index in [2.05, 4.69) is 18.3 Å². The molecule has 0 aliphatic heterocycles. The third-order valence-electron chi connectivity index (χ3n) is 5.17. The molecule has 0 heterocycles. The number of hydrogen-bond acceptors (Lipinski definition) is 3. The van der Waals surface area contributed by atoms with Gasteiger partial charge in [0.2, 0.25) is 11.8 Å². The third-order valence-corrected chi connectivity index (χ3v) is 5.17. The Morgan fingerprint density at radius 3 is 2.40 bits per heavy atom. The molecule has 0 aliphatic rings. The molecule has 1 atom stereocenters. The summed E-state index contributed by atoms with van der Waals surface area (Å²) in [6.45, 7) is 7.12. The number of carbonyl (C=O) groups excluding carboxylic acids is 2. The molecule has 2 amide bonds. The van der Waals surface area contributed by atoms with Gasteiger partial charge in [0.25, 0.3) is 0 Å². The molecule has 2 aromatic carbocycles. The first-order valence-corrected chi connectivity index (χ1v) is 10.7. The van der Waals surface area contributed by atoms with Crippen molar-refractivity contribution in [3.63, 3.8) is 0 Å². The number of nitrogens with zero attached hydrogens (tertiary/aromatic N) is 1. The van der Waals surface area contributed by atoms with Crippen molar-refractivity contribution in [3.05, 3.63) is 65.2 Å². The Labute approximate surface area is 180 Å². The van der Waals surface area contributed by atoms with Crippen molar-refractivity contribution in [2.75, 3.05) is 13.7 Å². The number of methoxy groups -OCH3 is 1. The van der Waals surface area contributed by atoms with E-state index in [9.17, 15) is 9.59 Å². The van der Waals surface area contributed by atoms with Gasteiger partial charge in [0.15, 0.2) is 0 Å². The topological polar surface area (TPSA) is 58.6 Å². The van der Waals surface area contributed by atoms with Gasteiger partial charge in [0.05, 0.1) is 13.5 Å². The Morgan fingerprint density at radius 1 is 1.07 bits per heavy atom. The summed E-state index contributed by atoms with van der Waals surface area (Å²) in [5.74, 6) is 0.616. The summed E-state index contributed by atoms with van der Waals surface area (Å²) in [5.41, 5.74) is 3.06. The second-order valence-corrected chi connectivity index (χ2v) is 7.60. The molecule has 0 unspecified atom stereocenters. The quantitative estimate of drug-likeness (QED) is 0.563. The monoisotopic (exact) mass is 410 g/mol. The minimum atomic E-state index is -0.492. The molecule has 5 heteroatoms. The number of carbonyl (C=O) groups is 2. The summed E-state index contributed by atoms with van der Waals surface area (Å²) in [6.07, 6.45) is 2.76. The van der Waals surface area contributed by atoms with Crippen molar-refractivity contribution in [1.82, 2.24) is 10.2 Å². The molecular weight excluding hydrogens is 376 g/mol. The maximum atomic E-state index is 13.3.